The highest BCUT2D eigenvalue weighted by atomic mass is 19.4. The van der Waals surface area contributed by atoms with Crippen molar-refractivity contribution in [3.05, 3.63) is 24.3 Å². The molecule has 4 nitrogen and oxygen atoms in total. The van der Waals surface area contributed by atoms with Gasteiger partial charge >= 0.3 is 6.18 Å². The summed E-state index contributed by atoms with van der Waals surface area (Å²) in [4.78, 5) is 11.9. The van der Waals surface area contributed by atoms with Crippen LogP contribution in [0.2, 0.25) is 0 Å². The molecule has 0 spiro atoms. The van der Waals surface area contributed by atoms with Crippen LogP contribution in [0.4, 0.5) is 18.9 Å². The first-order valence-corrected chi connectivity index (χ1v) is 7.08. The number of benzene rings is 1. The van der Waals surface area contributed by atoms with Gasteiger partial charge in [0.05, 0.1) is 12.0 Å². The number of hydrogen-bond donors (Lipinski definition) is 2. The van der Waals surface area contributed by atoms with E-state index in [0.717, 1.165) is 12.8 Å². The number of aliphatic hydroxyl groups is 1. The number of nitrogens with one attached hydrogen (secondary N) is 1. The van der Waals surface area contributed by atoms with Crippen molar-refractivity contribution in [2.24, 2.45) is 0 Å². The number of ether oxygens (including phenoxy) is 1. The van der Waals surface area contributed by atoms with E-state index in [1.54, 1.807) is 6.07 Å². The number of rotatable bonds is 5. The fourth-order valence-corrected chi connectivity index (χ4v) is 2.54. The Morgan fingerprint density at radius 1 is 1.32 bits per heavy atom. The van der Waals surface area contributed by atoms with Crippen molar-refractivity contribution >= 4 is 11.6 Å². The van der Waals surface area contributed by atoms with E-state index in [9.17, 15) is 23.1 Å². The Bertz CT molecular complexity index is 525. The highest BCUT2D eigenvalue weighted by molar-refractivity contribution is 5.91. The largest absolute Gasteiger partial charge is 0.484 e. The van der Waals surface area contributed by atoms with Crippen LogP contribution in [0, 0.1) is 0 Å². The molecule has 1 fully saturated rings. The van der Waals surface area contributed by atoms with Gasteiger partial charge in [-0.3, -0.25) is 4.79 Å². The van der Waals surface area contributed by atoms with Crippen LogP contribution < -0.4 is 10.1 Å². The summed E-state index contributed by atoms with van der Waals surface area (Å²) >= 11 is 0. The van der Waals surface area contributed by atoms with E-state index >= 15 is 0 Å². The third-order valence-electron chi connectivity index (χ3n) is 3.54. The van der Waals surface area contributed by atoms with Crippen LogP contribution in [0.15, 0.2) is 24.3 Å². The summed E-state index contributed by atoms with van der Waals surface area (Å²) in [5.74, 6) is -0.341. The van der Waals surface area contributed by atoms with E-state index in [0.29, 0.717) is 18.5 Å². The number of halogens is 3. The smallest absolute Gasteiger partial charge is 0.422 e. The Hall–Kier alpha value is -1.76. The average molecular weight is 317 g/mol. The van der Waals surface area contributed by atoms with Crippen molar-refractivity contribution in [1.29, 1.82) is 0 Å². The van der Waals surface area contributed by atoms with Crippen LogP contribution in [0.1, 0.15) is 32.1 Å². The third kappa shape index (κ3) is 5.22. The Kier molecular flexibility index (Phi) is 4.95. The molecule has 1 aliphatic carbocycles. The number of alkyl halides is 3. The minimum absolute atomic E-state index is 0.0133. The second-order valence-corrected chi connectivity index (χ2v) is 5.59. The lowest BCUT2D eigenvalue weighted by atomic mass is 9.97. The Labute approximate surface area is 126 Å². The maximum absolute atomic E-state index is 12.1. The second-order valence-electron chi connectivity index (χ2n) is 5.59. The molecular weight excluding hydrogens is 299 g/mol. The zero-order valence-corrected chi connectivity index (χ0v) is 11.9. The van der Waals surface area contributed by atoms with Gasteiger partial charge in [-0.25, -0.2) is 0 Å². The highest BCUT2D eigenvalue weighted by Crippen LogP contribution is 2.32. The van der Waals surface area contributed by atoms with E-state index in [-0.39, 0.29) is 18.1 Å². The van der Waals surface area contributed by atoms with Gasteiger partial charge < -0.3 is 15.2 Å². The predicted molar refractivity (Wildman–Crippen MR) is 74.7 cm³/mol. The zero-order chi connectivity index (χ0) is 16.2. The van der Waals surface area contributed by atoms with Gasteiger partial charge in [0.25, 0.3) is 0 Å². The molecule has 0 radical (unpaired) electrons. The standard InChI is InChI=1S/C15H18F3NO3/c16-15(17,18)10-22-12-5-3-4-11(8-12)19-13(20)9-14(21)6-1-2-7-14/h3-5,8,21H,1-2,6-7,9-10H2,(H,19,20). The number of carbonyl (C=O) groups is 1. The molecule has 0 heterocycles. The summed E-state index contributed by atoms with van der Waals surface area (Å²) in [7, 11) is 0. The lowest BCUT2D eigenvalue weighted by Crippen LogP contribution is -2.30. The van der Waals surface area contributed by atoms with Crippen molar-refractivity contribution in [3.63, 3.8) is 0 Å². The molecule has 2 rings (SSSR count). The monoisotopic (exact) mass is 317 g/mol. The molecule has 1 amide bonds. The Balaban J connectivity index is 1.90. The molecular formula is C15H18F3NO3. The van der Waals surface area contributed by atoms with Crippen LogP contribution >= 0.6 is 0 Å². The molecule has 0 bridgehead atoms. The summed E-state index contributed by atoms with van der Waals surface area (Å²) in [6.07, 6.45) is -1.45. The third-order valence-corrected chi connectivity index (χ3v) is 3.54. The van der Waals surface area contributed by atoms with Gasteiger partial charge in [0, 0.05) is 11.8 Å². The molecule has 0 aliphatic heterocycles. The maximum Gasteiger partial charge on any atom is 0.422 e. The molecule has 22 heavy (non-hydrogen) atoms. The van der Waals surface area contributed by atoms with Gasteiger partial charge in [-0.1, -0.05) is 18.9 Å². The second kappa shape index (κ2) is 6.56. The van der Waals surface area contributed by atoms with Gasteiger partial charge in [-0.15, -0.1) is 0 Å². The van der Waals surface area contributed by atoms with E-state index in [1.165, 1.54) is 18.2 Å². The molecule has 122 valence electrons. The summed E-state index contributed by atoms with van der Waals surface area (Å²) < 4.78 is 40.9. The van der Waals surface area contributed by atoms with Crippen LogP contribution in [0.5, 0.6) is 5.75 Å². The molecule has 2 N–H and O–H groups in total. The highest BCUT2D eigenvalue weighted by Gasteiger charge is 2.33. The number of carbonyl (C=O) groups excluding carboxylic acids is 1. The van der Waals surface area contributed by atoms with E-state index < -0.39 is 18.4 Å². The number of hydrogen-bond acceptors (Lipinski definition) is 3. The SMILES string of the molecule is O=C(CC1(O)CCCC1)Nc1cccc(OCC(F)(F)F)c1. The summed E-state index contributed by atoms with van der Waals surface area (Å²) in [6, 6.07) is 5.75. The minimum Gasteiger partial charge on any atom is -0.484 e. The van der Waals surface area contributed by atoms with Crippen molar-refractivity contribution in [2.45, 2.75) is 43.9 Å². The molecule has 1 saturated carbocycles. The molecule has 1 aromatic carbocycles. The van der Waals surface area contributed by atoms with Crippen LogP contribution in [-0.2, 0) is 4.79 Å². The van der Waals surface area contributed by atoms with Crippen molar-refractivity contribution < 1.29 is 27.8 Å². The Morgan fingerprint density at radius 2 is 2.00 bits per heavy atom. The lowest BCUT2D eigenvalue weighted by molar-refractivity contribution is -0.153. The van der Waals surface area contributed by atoms with E-state index in [4.69, 9.17) is 0 Å². The van der Waals surface area contributed by atoms with Crippen molar-refractivity contribution in [2.75, 3.05) is 11.9 Å². The van der Waals surface area contributed by atoms with Gasteiger partial charge in [-0.2, -0.15) is 13.2 Å². The van der Waals surface area contributed by atoms with Crippen molar-refractivity contribution in [3.8, 4) is 5.75 Å². The van der Waals surface area contributed by atoms with Gasteiger partial charge in [-0.05, 0) is 25.0 Å². The van der Waals surface area contributed by atoms with E-state index in [2.05, 4.69) is 10.1 Å². The summed E-state index contributed by atoms with van der Waals surface area (Å²) in [5.41, 5.74) is -0.625. The number of amides is 1. The molecule has 0 saturated heterocycles. The molecule has 0 atom stereocenters. The minimum atomic E-state index is -4.41. The zero-order valence-electron chi connectivity index (χ0n) is 11.9. The van der Waals surface area contributed by atoms with Crippen LogP contribution in [0.25, 0.3) is 0 Å². The fraction of sp³-hybridized carbons (Fsp3) is 0.533. The van der Waals surface area contributed by atoms with Crippen molar-refractivity contribution in [1.82, 2.24) is 0 Å². The molecule has 1 aromatic rings. The van der Waals surface area contributed by atoms with Crippen LogP contribution in [-0.4, -0.2) is 29.4 Å². The van der Waals surface area contributed by atoms with Gasteiger partial charge in [0.1, 0.15) is 5.75 Å². The normalized spacial score (nSPS) is 17.3. The maximum atomic E-state index is 12.1. The van der Waals surface area contributed by atoms with Crippen LogP contribution in [0.3, 0.4) is 0 Å². The molecule has 1 aliphatic rings. The number of anilines is 1. The summed E-state index contributed by atoms with van der Waals surface area (Å²) in [5, 5.41) is 12.7. The lowest BCUT2D eigenvalue weighted by Gasteiger charge is -2.21. The fourth-order valence-electron chi connectivity index (χ4n) is 2.54. The molecule has 7 heteroatoms. The molecule has 0 aromatic heterocycles. The first-order chi connectivity index (χ1) is 10.3. The van der Waals surface area contributed by atoms with E-state index in [1.807, 2.05) is 0 Å². The first kappa shape index (κ1) is 16.6. The molecule has 0 unspecified atom stereocenters. The topological polar surface area (TPSA) is 58.6 Å². The van der Waals surface area contributed by atoms with Gasteiger partial charge in [0.2, 0.25) is 5.91 Å². The Morgan fingerprint density at radius 3 is 2.64 bits per heavy atom. The quantitative estimate of drug-likeness (QED) is 0.876. The first-order valence-electron chi connectivity index (χ1n) is 7.08. The van der Waals surface area contributed by atoms with Gasteiger partial charge in [0.15, 0.2) is 6.61 Å². The average Bonchev–Trinajstić information content (AvgIpc) is 2.82. The predicted octanol–water partition coefficient (Wildman–Crippen LogP) is 3.26. The summed E-state index contributed by atoms with van der Waals surface area (Å²) in [6.45, 7) is -1.38.